The van der Waals surface area contributed by atoms with E-state index in [0.29, 0.717) is 43.4 Å². The molecule has 0 aliphatic rings. The van der Waals surface area contributed by atoms with Crippen molar-refractivity contribution in [3.63, 3.8) is 0 Å². The molecule has 2 aromatic carbocycles. The van der Waals surface area contributed by atoms with Crippen molar-refractivity contribution < 1.29 is 4.92 Å². The fourth-order valence-electron chi connectivity index (χ4n) is 5.91. The summed E-state index contributed by atoms with van der Waals surface area (Å²) in [6, 6.07) is 22.3. The number of anilines is 1. The van der Waals surface area contributed by atoms with E-state index in [9.17, 15) is 10.1 Å². The van der Waals surface area contributed by atoms with Gasteiger partial charge in [0.25, 0.3) is 0 Å². The number of nitrogens with zero attached hydrogens (tertiary/aromatic N) is 6. The van der Waals surface area contributed by atoms with Gasteiger partial charge >= 0.3 is 5.69 Å². The molecule has 8 nitrogen and oxygen atoms in total. The van der Waals surface area contributed by atoms with Crippen LogP contribution in [0.3, 0.4) is 0 Å². The summed E-state index contributed by atoms with van der Waals surface area (Å²) in [4.78, 5) is 13.4. The third-order valence-corrected chi connectivity index (χ3v) is 9.07. The van der Waals surface area contributed by atoms with Crippen LogP contribution in [0, 0.1) is 10.1 Å². The summed E-state index contributed by atoms with van der Waals surface area (Å²) < 4.78 is 3.59. The van der Waals surface area contributed by atoms with Crippen molar-refractivity contribution in [2.75, 3.05) is 18.0 Å². The molecule has 4 aromatic heterocycles. The predicted octanol–water partition coefficient (Wildman–Crippen LogP) is 11.3. The van der Waals surface area contributed by atoms with Crippen LogP contribution in [0.2, 0.25) is 20.1 Å². The van der Waals surface area contributed by atoms with E-state index in [1.54, 1.807) is 40.9 Å². The van der Waals surface area contributed by atoms with Crippen LogP contribution >= 0.6 is 46.4 Å². The smallest absolute Gasteiger partial charge is 0.317 e. The van der Waals surface area contributed by atoms with Gasteiger partial charge in [-0.05, 0) is 86.3 Å². The van der Waals surface area contributed by atoms with Crippen molar-refractivity contribution in [2.45, 2.75) is 53.4 Å². The molecule has 12 heteroatoms. The first-order chi connectivity index (χ1) is 23.1. The molecule has 4 heterocycles. The van der Waals surface area contributed by atoms with Crippen molar-refractivity contribution in [3.05, 3.63) is 114 Å². The van der Waals surface area contributed by atoms with Crippen LogP contribution < -0.4 is 4.90 Å². The Morgan fingerprint density at radius 3 is 1.62 bits per heavy atom. The molecule has 0 aliphatic carbocycles. The number of hydrogen-bond acceptors (Lipinski definition) is 5. The second-order valence-corrected chi connectivity index (χ2v) is 12.9. The van der Waals surface area contributed by atoms with Gasteiger partial charge in [0.15, 0.2) is 0 Å². The Kier molecular flexibility index (Phi) is 11.5. The highest BCUT2D eigenvalue weighted by molar-refractivity contribution is 6.37. The topological polar surface area (TPSA) is 81.0 Å². The minimum absolute atomic E-state index is 0.0365. The summed E-state index contributed by atoms with van der Waals surface area (Å²) in [6.45, 7) is 10.5. The Bertz CT molecular complexity index is 2080. The summed E-state index contributed by atoms with van der Waals surface area (Å²) in [5, 5.41) is 22.9. The average molecular weight is 727 g/mol. The summed E-state index contributed by atoms with van der Waals surface area (Å²) in [6.07, 6.45) is 3.60. The molecule has 48 heavy (non-hydrogen) atoms. The molecule has 0 aliphatic heterocycles. The third kappa shape index (κ3) is 7.13. The first kappa shape index (κ1) is 35.5. The minimum atomic E-state index is -0.394. The van der Waals surface area contributed by atoms with E-state index in [4.69, 9.17) is 51.5 Å². The zero-order chi connectivity index (χ0) is 34.5. The van der Waals surface area contributed by atoms with Crippen LogP contribution in [0.25, 0.3) is 33.5 Å². The quantitative estimate of drug-likeness (QED) is 0.104. The Balaban J connectivity index is 0.000000190. The molecule has 250 valence electrons. The van der Waals surface area contributed by atoms with Crippen molar-refractivity contribution in [2.24, 2.45) is 0 Å². The number of aryl methyl sites for hydroxylation is 2. The first-order valence-electron chi connectivity index (χ1n) is 15.9. The Morgan fingerprint density at radius 1 is 0.688 bits per heavy atom. The van der Waals surface area contributed by atoms with Gasteiger partial charge in [-0.1, -0.05) is 86.2 Å². The van der Waals surface area contributed by atoms with Gasteiger partial charge < -0.3 is 4.90 Å². The second kappa shape index (κ2) is 15.6. The predicted molar refractivity (Wildman–Crippen MR) is 200 cm³/mol. The summed E-state index contributed by atoms with van der Waals surface area (Å²) in [5.74, 6) is 0. The number of rotatable bonds is 10. The molecular formula is C36H36Cl4N6O2. The van der Waals surface area contributed by atoms with E-state index in [0.717, 1.165) is 60.4 Å². The van der Waals surface area contributed by atoms with Gasteiger partial charge in [0.2, 0.25) is 0 Å². The van der Waals surface area contributed by atoms with Crippen molar-refractivity contribution in [1.29, 1.82) is 0 Å². The molecule has 0 saturated carbocycles. The number of aromatic nitrogens is 4. The molecule has 0 unspecified atom stereocenters. The lowest BCUT2D eigenvalue weighted by molar-refractivity contribution is -0.383. The Labute approximate surface area is 299 Å². The molecule has 0 radical (unpaired) electrons. The normalized spacial score (nSPS) is 11.2. The lowest BCUT2D eigenvalue weighted by atomic mass is 10.1. The van der Waals surface area contributed by atoms with Gasteiger partial charge in [-0.25, -0.2) is 9.03 Å². The minimum Gasteiger partial charge on any atom is -0.368 e. The monoisotopic (exact) mass is 724 g/mol. The van der Waals surface area contributed by atoms with E-state index in [-0.39, 0.29) is 5.69 Å². The maximum atomic E-state index is 11.3. The number of hydrogen-bond donors (Lipinski definition) is 0. The Morgan fingerprint density at radius 2 is 1.17 bits per heavy atom. The first-order valence-corrected chi connectivity index (χ1v) is 17.5. The fraction of sp³-hybridized carbons (Fsp3) is 0.278. The molecule has 0 N–H and O–H groups in total. The summed E-state index contributed by atoms with van der Waals surface area (Å²) >= 11 is 24.7. The number of nitro groups is 1. The molecule has 0 fully saturated rings. The van der Waals surface area contributed by atoms with E-state index in [1.807, 2.05) is 29.6 Å². The highest BCUT2D eigenvalue weighted by Crippen LogP contribution is 2.36. The van der Waals surface area contributed by atoms with E-state index in [2.05, 4.69) is 49.0 Å². The molecule has 0 atom stereocenters. The summed E-state index contributed by atoms with van der Waals surface area (Å²) in [7, 11) is 0. The molecule has 6 rings (SSSR count). The van der Waals surface area contributed by atoms with Crippen LogP contribution in [-0.4, -0.2) is 37.2 Å². The maximum absolute atomic E-state index is 11.3. The maximum Gasteiger partial charge on any atom is 0.317 e. The lowest BCUT2D eigenvalue weighted by Gasteiger charge is -2.24. The van der Waals surface area contributed by atoms with Gasteiger partial charge in [0.1, 0.15) is 11.2 Å². The largest absolute Gasteiger partial charge is 0.368 e. The Hall–Kier alpha value is -3.82. The van der Waals surface area contributed by atoms with Gasteiger partial charge in [0.05, 0.1) is 43.3 Å². The van der Waals surface area contributed by atoms with E-state index >= 15 is 0 Å². The van der Waals surface area contributed by atoms with Crippen LogP contribution in [-0.2, 0) is 12.8 Å². The van der Waals surface area contributed by atoms with E-state index < -0.39 is 4.92 Å². The van der Waals surface area contributed by atoms with Crippen molar-refractivity contribution in [3.8, 4) is 22.5 Å². The molecule has 0 amide bonds. The van der Waals surface area contributed by atoms with Crippen LogP contribution in [0.4, 0.5) is 11.4 Å². The second-order valence-electron chi connectivity index (χ2n) is 11.2. The molecular weight excluding hydrogens is 690 g/mol. The number of fused-ring (bicyclic) bond motifs is 2. The zero-order valence-corrected chi connectivity index (χ0v) is 30.2. The van der Waals surface area contributed by atoms with Crippen LogP contribution in [0.5, 0.6) is 0 Å². The molecule has 0 spiro atoms. The van der Waals surface area contributed by atoms with Crippen LogP contribution in [0.15, 0.2) is 72.8 Å². The molecule has 0 saturated heterocycles. The highest BCUT2D eigenvalue weighted by Gasteiger charge is 2.24. The van der Waals surface area contributed by atoms with Gasteiger partial charge in [0, 0.05) is 34.3 Å². The molecule has 0 bridgehead atoms. The van der Waals surface area contributed by atoms with Crippen LogP contribution in [0.1, 0.15) is 51.9 Å². The zero-order valence-electron chi connectivity index (χ0n) is 27.2. The lowest BCUT2D eigenvalue weighted by Crippen LogP contribution is -2.25. The van der Waals surface area contributed by atoms with Gasteiger partial charge in [-0.3, -0.25) is 10.1 Å². The fourth-order valence-corrected chi connectivity index (χ4v) is 6.92. The SMILES string of the molecule is CCCN(CCC)c1c(CC)nn2c(-c3ccc(Cl)cc3Cl)cccc12.CCc1nn2c(-c3ccc(Cl)cc3Cl)cccc2c1[N+](=O)[O-]. The standard InChI is InChI=1S/C21H25Cl2N3.C15H11Cl2N3O2/c1-4-12-25(13-5-2)21-18(6-3)24-26-19(8-7-9-20(21)26)16-11-10-15(22)14-17(16)23;1-2-12-15(20(21)22)14-5-3-4-13(19(14)18-12)10-7-6-9(16)8-11(10)17/h7-11,14H,4-6,12-13H2,1-3H3;3-8H,2H2,1H3. The number of pyridine rings is 2. The molecule has 6 aromatic rings. The van der Waals surface area contributed by atoms with Crippen molar-refractivity contribution in [1.82, 2.24) is 19.2 Å². The average Bonchev–Trinajstić information content (AvgIpc) is 3.64. The number of benzene rings is 2. The van der Waals surface area contributed by atoms with E-state index in [1.165, 1.54) is 5.69 Å². The van der Waals surface area contributed by atoms with Gasteiger partial charge in [-0.15, -0.1) is 0 Å². The number of halogens is 4. The van der Waals surface area contributed by atoms with Crippen molar-refractivity contribution >= 4 is 68.8 Å². The summed E-state index contributed by atoms with van der Waals surface area (Å²) in [5.41, 5.74) is 7.77. The highest BCUT2D eigenvalue weighted by atomic mass is 35.5. The van der Waals surface area contributed by atoms with Gasteiger partial charge in [-0.2, -0.15) is 10.2 Å². The third-order valence-electron chi connectivity index (χ3n) is 7.97.